The van der Waals surface area contributed by atoms with Gasteiger partial charge in [-0.1, -0.05) is 0 Å². The molecule has 0 radical (unpaired) electrons. The lowest BCUT2D eigenvalue weighted by Gasteiger charge is -2.36. The van der Waals surface area contributed by atoms with Gasteiger partial charge in [-0.15, -0.1) is 0 Å². The number of aliphatic hydroxyl groups is 1. The monoisotopic (exact) mass is 248 g/mol. The maximum absolute atomic E-state index is 10.1. The van der Waals surface area contributed by atoms with Crippen LogP contribution in [0.3, 0.4) is 0 Å². The van der Waals surface area contributed by atoms with Gasteiger partial charge >= 0.3 is 0 Å². The molecule has 3 rings (SSSR count). The fourth-order valence-electron chi connectivity index (χ4n) is 2.09. The molecule has 7 nitrogen and oxygen atoms in total. The second-order valence-corrected chi connectivity index (χ2v) is 4.71. The number of hydrogen-bond acceptors (Lipinski definition) is 6. The van der Waals surface area contributed by atoms with Crippen molar-refractivity contribution in [2.45, 2.75) is 24.9 Å². The number of rotatable bonds is 4. The molecule has 4 N–H and O–H groups in total. The lowest BCUT2D eigenvalue weighted by molar-refractivity contribution is -0.0202. The minimum Gasteiger partial charge on any atom is -0.388 e. The molecule has 2 heterocycles. The molecule has 0 aliphatic heterocycles. The topological polar surface area (TPSA) is 98.8 Å². The molecule has 0 bridgehead atoms. The average Bonchev–Trinajstić information content (AvgIpc) is 2.81. The third-order valence-electron chi connectivity index (χ3n) is 3.40. The Labute approximate surface area is 104 Å². The molecule has 0 spiro atoms. The predicted octanol–water partition coefficient (Wildman–Crippen LogP) is 0.721. The normalized spacial score (nSPS) is 17.4. The molecular formula is C11H16N6O. The summed E-state index contributed by atoms with van der Waals surface area (Å²) in [6.45, 7) is 0.507. The van der Waals surface area contributed by atoms with Crippen LogP contribution in [0.15, 0.2) is 6.20 Å². The van der Waals surface area contributed by atoms with Crippen molar-refractivity contribution in [3.63, 3.8) is 0 Å². The number of anilines is 2. The van der Waals surface area contributed by atoms with Gasteiger partial charge in [0.2, 0.25) is 5.95 Å². The Morgan fingerprint density at radius 1 is 1.44 bits per heavy atom. The maximum atomic E-state index is 10.1. The first-order valence-corrected chi connectivity index (χ1v) is 6.05. The summed E-state index contributed by atoms with van der Waals surface area (Å²) in [6.07, 6.45) is 4.46. The van der Waals surface area contributed by atoms with Crippen LogP contribution in [0.25, 0.3) is 11.0 Å². The molecular weight excluding hydrogens is 232 g/mol. The molecule has 2 aromatic rings. The first kappa shape index (κ1) is 11.2. The van der Waals surface area contributed by atoms with Gasteiger partial charge < -0.3 is 15.7 Å². The van der Waals surface area contributed by atoms with E-state index in [0.29, 0.717) is 24.0 Å². The van der Waals surface area contributed by atoms with Gasteiger partial charge in [0.25, 0.3) is 0 Å². The Balaban J connectivity index is 1.87. The number of nitrogens with zero attached hydrogens (tertiary/aromatic N) is 3. The zero-order chi connectivity index (χ0) is 12.6. The molecule has 18 heavy (non-hydrogen) atoms. The highest BCUT2D eigenvalue weighted by Gasteiger charge is 2.34. The average molecular weight is 248 g/mol. The number of aromatic nitrogens is 4. The van der Waals surface area contributed by atoms with Crippen molar-refractivity contribution >= 4 is 22.8 Å². The van der Waals surface area contributed by atoms with Crippen molar-refractivity contribution < 1.29 is 5.11 Å². The Morgan fingerprint density at radius 3 is 2.94 bits per heavy atom. The molecule has 96 valence electrons. The van der Waals surface area contributed by atoms with Crippen LogP contribution in [0.2, 0.25) is 0 Å². The van der Waals surface area contributed by atoms with Crippen molar-refractivity contribution in [3.8, 4) is 0 Å². The highest BCUT2D eigenvalue weighted by molar-refractivity contribution is 5.86. The van der Waals surface area contributed by atoms with Crippen molar-refractivity contribution in [1.82, 2.24) is 20.2 Å². The van der Waals surface area contributed by atoms with Crippen LogP contribution in [-0.4, -0.2) is 44.5 Å². The van der Waals surface area contributed by atoms with E-state index in [9.17, 15) is 5.11 Å². The largest absolute Gasteiger partial charge is 0.388 e. The molecule has 0 amide bonds. The summed E-state index contributed by atoms with van der Waals surface area (Å²) in [7, 11) is 1.76. The predicted molar refractivity (Wildman–Crippen MR) is 68.5 cm³/mol. The van der Waals surface area contributed by atoms with E-state index >= 15 is 0 Å². The van der Waals surface area contributed by atoms with Gasteiger partial charge in [-0.25, -0.2) is 0 Å². The SMILES string of the molecule is CNc1nc(NCC2(O)CCC2)c2cn[nH]c2n1. The maximum Gasteiger partial charge on any atom is 0.226 e. The van der Waals surface area contributed by atoms with E-state index in [1.54, 1.807) is 13.2 Å². The Bertz CT molecular complexity index is 562. The van der Waals surface area contributed by atoms with E-state index in [0.717, 1.165) is 24.6 Å². The second-order valence-electron chi connectivity index (χ2n) is 4.71. The van der Waals surface area contributed by atoms with E-state index in [4.69, 9.17) is 0 Å². The molecule has 2 aromatic heterocycles. The minimum absolute atomic E-state index is 0.507. The van der Waals surface area contributed by atoms with Crippen LogP contribution in [0.1, 0.15) is 19.3 Å². The number of aromatic amines is 1. The first-order valence-electron chi connectivity index (χ1n) is 6.05. The molecule has 7 heteroatoms. The molecule has 1 fully saturated rings. The summed E-state index contributed by atoms with van der Waals surface area (Å²) >= 11 is 0. The molecule has 1 aliphatic rings. The quantitative estimate of drug-likeness (QED) is 0.636. The van der Waals surface area contributed by atoms with E-state index in [-0.39, 0.29) is 0 Å². The number of hydrogen-bond donors (Lipinski definition) is 4. The van der Waals surface area contributed by atoms with Crippen LogP contribution in [0.4, 0.5) is 11.8 Å². The molecule has 1 saturated carbocycles. The lowest BCUT2D eigenvalue weighted by atomic mass is 9.80. The lowest BCUT2D eigenvalue weighted by Crippen LogP contribution is -2.43. The van der Waals surface area contributed by atoms with E-state index in [1.807, 2.05) is 0 Å². The van der Waals surface area contributed by atoms with E-state index in [1.165, 1.54) is 0 Å². The van der Waals surface area contributed by atoms with Crippen molar-refractivity contribution in [2.75, 3.05) is 24.2 Å². The summed E-state index contributed by atoms with van der Waals surface area (Å²) in [6, 6.07) is 0. The van der Waals surface area contributed by atoms with E-state index < -0.39 is 5.60 Å². The summed E-state index contributed by atoms with van der Waals surface area (Å²) in [4.78, 5) is 8.60. The smallest absolute Gasteiger partial charge is 0.226 e. The summed E-state index contributed by atoms with van der Waals surface area (Å²) in [5.41, 5.74) is 0.0957. The van der Waals surface area contributed by atoms with Gasteiger partial charge in [-0.3, -0.25) is 5.10 Å². The molecule has 0 saturated heterocycles. The standard InChI is InChI=1S/C11H16N6O/c1-12-10-15-8(7-5-14-17-9(7)16-10)13-6-11(18)3-2-4-11/h5,18H,2-4,6H2,1H3,(H3,12,13,14,15,16,17). The van der Waals surface area contributed by atoms with Crippen LogP contribution in [-0.2, 0) is 0 Å². The Kier molecular flexibility index (Phi) is 2.55. The van der Waals surface area contributed by atoms with Gasteiger partial charge in [0.05, 0.1) is 17.2 Å². The third-order valence-corrected chi connectivity index (χ3v) is 3.40. The van der Waals surface area contributed by atoms with Crippen molar-refractivity contribution in [2.24, 2.45) is 0 Å². The zero-order valence-corrected chi connectivity index (χ0v) is 10.2. The fourth-order valence-corrected chi connectivity index (χ4v) is 2.09. The van der Waals surface area contributed by atoms with Gasteiger partial charge in [0.1, 0.15) is 5.82 Å². The fraction of sp³-hybridized carbons (Fsp3) is 0.545. The number of nitrogens with one attached hydrogen (secondary N) is 3. The highest BCUT2D eigenvalue weighted by Crippen LogP contribution is 2.32. The highest BCUT2D eigenvalue weighted by atomic mass is 16.3. The molecule has 1 aliphatic carbocycles. The minimum atomic E-state index is -0.583. The number of fused-ring (bicyclic) bond motifs is 1. The van der Waals surface area contributed by atoms with Gasteiger partial charge in [-0.2, -0.15) is 15.1 Å². The third kappa shape index (κ3) is 1.86. The van der Waals surface area contributed by atoms with Gasteiger partial charge in [0.15, 0.2) is 5.65 Å². The van der Waals surface area contributed by atoms with Gasteiger partial charge in [-0.05, 0) is 19.3 Å². The Hall–Kier alpha value is -1.89. The molecule has 0 atom stereocenters. The van der Waals surface area contributed by atoms with Crippen LogP contribution >= 0.6 is 0 Å². The van der Waals surface area contributed by atoms with Crippen LogP contribution < -0.4 is 10.6 Å². The molecule has 0 aromatic carbocycles. The Morgan fingerprint density at radius 2 is 2.28 bits per heavy atom. The zero-order valence-electron chi connectivity index (χ0n) is 10.2. The summed E-state index contributed by atoms with van der Waals surface area (Å²) in [5, 5.41) is 23.8. The van der Waals surface area contributed by atoms with Crippen LogP contribution in [0, 0.1) is 0 Å². The van der Waals surface area contributed by atoms with Crippen LogP contribution in [0.5, 0.6) is 0 Å². The van der Waals surface area contributed by atoms with E-state index in [2.05, 4.69) is 30.8 Å². The van der Waals surface area contributed by atoms with Crippen molar-refractivity contribution in [1.29, 1.82) is 0 Å². The van der Waals surface area contributed by atoms with Gasteiger partial charge in [0, 0.05) is 13.6 Å². The summed E-state index contributed by atoms with van der Waals surface area (Å²) < 4.78 is 0. The number of H-pyrrole nitrogens is 1. The summed E-state index contributed by atoms with van der Waals surface area (Å²) in [5.74, 6) is 1.22. The molecule has 0 unspecified atom stereocenters. The second kappa shape index (κ2) is 4.09. The van der Waals surface area contributed by atoms with Crippen molar-refractivity contribution in [3.05, 3.63) is 6.20 Å². The first-order chi connectivity index (χ1) is 8.70.